The van der Waals surface area contributed by atoms with Gasteiger partial charge in [-0.3, -0.25) is 19.5 Å². The molecular weight excluding hydrogens is 506 g/mol. The van der Waals surface area contributed by atoms with Gasteiger partial charge in [0.25, 0.3) is 0 Å². The molecule has 2 aliphatic rings. The molecule has 0 aromatic heterocycles. The van der Waals surface area contributed by atoms with E-state index in [-0.39, 0.29) is 23.5 Å². The molecule has 1 aromatic rings. The number of hydrogen-bond donors (Lipinski definition) is 3. The summed E-state index contributed by atoms with van der Waals surface area (Å²) < 4.78 is 5.39. The highest BCUT2D eigenvalue weighted by Crippen LogP contribution is 2.23. The van der Waals surface area contributed by atoms with Gasteiger partial charge < -0.3 is 25.8 Å². The summed E-state index contributed by atoms with van der Waals surface area (Å²) in [5, 5.41) is 12.2. The van der Waals surface area contributed by atoms with Gasteiger partial charge in [0, 0.05) is 58.0 Å². The molecule has 2 unspecified atom stereocenters. The van der Waals surface area contributed by atoms with Gasteiger partial charge in [-0.25, -0.2) is 0 Å². The van der Waals surface area contributed by atoms with Crippen LogP contribution >= 0.6 is 0 Å². The zero-order chi connectivity index (χ0) is 30.1. The number of carbonyl (C=O) groups excluding carboxylic acids is 2. The number of nitrogens with two attached hydrogens (primary N) is 1. The largest absolute Gasteiger partial charge is 0.391 e. The van der Waals surface area contributed by atoms with Gasteiger partial charge in [-0.2, -0.15) is 0 Å². The maximum Gasteiger partial charge on any atom is 0.223 e. The van der Waals surface area contributed by atoms with E-state index in [1.54, 1.807) is 11.9 Å². The number of aliphatic hydroxyl groups is 1. The fourth-order valence-corrected chi connectivity index (χ4v) is 4.45. The van der Waals surface area contributed by atoms with Crippen LogP contribution in [0.1, 0.15) is 57.7 Å². The maximum atomic E-state index is 11.6. The minimum Gasteiger partial charge on any atom is -0.391 e. The molecule has 2 amide bonds. The number of allylic oxidation sites excluding steroid dienone is 3. The van der Waals surface area contributed by atoms with Crippen LogP contribution in [0.3, 0.4) is 0 Å². The smallest absolute Gasteiger partial charge is 0.223 e. The Balaban J connectivity index is 0.000000448. The second kappa shape index (κ2) is 18.5. The van der Waals surface area contributed by atoms with Crippen LogP contribution in [0, 0.1) is 5.41 Å². The number of rotatable bonds is 9. The molecule has 224 valence electrons. The number of morpholine rings is 1. The first-order valence-corrected chi connectivity index (χ1v) is 14.0. The van der Waals surface area contributed by atoms with Crippen LogP contribution in [0.4, 0.5) is 0 Å². The van der Waals surface area contributed by atoms with Crippen LogP contribution in [-0.4, -0.2) is 99.6 Å². The van der Waals surface area contributed by atoms with Crippen LogP contribution in [0.15, 0.2) is 47.5 Å². The SMILES string of the molecule is C=C/C(C)=C(\C=NC)c1ccc(C(CN2CCOCC2)NC=O)cc1.CC(C)(C)CC(=O)N1CCC(O)C1.CN. The number of nitrogens with zero attached hydrogens (tertiary/aromatic N) is 3. The van der Waals surface area contributed by atoms with Crippen molar-refractivity contribution in [1.82, 2.24) is 15.1 Å². The highest BCUT2D eigenvalue weighted by atomic mass is 16.5. The molecule has 1 aromatic carbocycles. The van der Waals surface area contributed by atoms with E-state index in [9.17, 15) is 14.7 Å². The van der Waals surface area contributed by atoms with Crippen molar-refractivity contribution < 1.29 is 19.4 Å². The van der Waals surface area contributed by atoms with Gasteiger partial charge in [0.05, 0.1) is 25.4 Å². The van der Waals surface area contributed by atoms with Gasteiger partial charge in [-0.05, 0) is 42.5 Å². The Bertz CT molecular complexity index is 963. The molecule has 2 saturated heterocycles. The van der Waals surface area contributed by atoms with Gasteiger partial charge in [-0.1, -0.05) is 57.7 Å². The molecule has 3 rings (SSSR count). The molecule has 9 heteroatoms. The molecule has 2 fully saturated rings. The summed E-state index contributed by atoms with van der Waals surface area (Å²) in [5.41, 5.74) is 8.85. The summed E-state index contributed by atoms with van der Waals surface area (Å²) in [6.07, 6.45) is 5.45. The highest BCUT2D eigenvalue weighted by Gasteiger charge is 2.27. The lowest BCUT2D eigenvalue weighted by Gasteiger charge is -2.30. The van der Waals surface area contributed by atoms with Crippen LogP contribution in [0.25, 0.3) is 5.57 Å². The van der Waals surface area contributed by atoms with Crippen molar-refractivity contribution >= 4 is 24.1 Å². The number of amides is 2. The molecule has 0 spiro atoms. The van der Waals surface area contributed by atoms with E-state index in [1.807, 2.05) is 19.2 Å². The quantitative estimate of drug-likeness (QED) is 0.244. The number of carbonyl (C=O) groups is 2. The molecule has 2 heterocycles. The second-order valence-corrected chi connectivity index (χ2v) is 11.1. The normalized spacial score (nSPS) is 19.0. The molecule has 4 N–H and O–H groups in total. The number of β-amino-alcohol motifs (C(OH)–C–C–N with tert-alkyl or cyclic N) is 1. The molecule has 40 heavy (non-hydrogen) atoms. The third kappa shape index (κ3) is 12.6. The Morgan fingerprint density at radius 1 is 1.23 bits per heavy atom. The number of aliphatic hydroxyl groups excluding tert-OH is 1. The number of nitrogens with one attached hydrogen (secondary N) is 1. The van der Waals surface area contributed by atoms with Crippen molar-refractivity contribution in [3.63, 3.8) is 0 Å². The van der Waals surface area contributed by atoms with Crippen molar-refractivity contribution in [2.45, 2.75) is 52.7 Å². The van der Waals surface area contributed by atoms with Crippen molar-refractivity contribution in [1.29, 1.82) is 0 Å². The van der Waals surface area contributed by atoms with E-state index < -0.39 is 0 Å². The molecule has 0 bridgehead atoms. The molecule has 9 nitrogen and oxygen atoms in total. The first-order valence-electron chi connectivity index (χ1n) is 14.0. The minimum absolute atomic E-state index is 0.0302. The number of hydrogen-bond acceptors (Lipinski definition) is 7. The first-order chi connectivity index (χ1) is 19.1. The zero-order valence-corrected chi connectivity index (χ0v) is 25.4. The Morgan fingerprint density at radius 3 is 2.33 bits per heavy atom. The van der Waals surface area contributed by atoms with Crippen LogP contribution in [0.5, 0.6) is 0 Å². The first kappa shape index (κ1) is 35.2. The van der Waals surface area contributed by atoms with Crippen molar-refractivity contribution in [3.8, 4) is 0 Å². The monoisotopic (exact) mass is 557 g/mol. The number of aliphatic imine (C=N–C) groups is 1. The van der Waals surface area contributed by atoms with E-state index in [1.165, 1.54) is 7.05 Å². The Kier molecular flexibility index (Phi) is 16.3. The van der Waals surface area contributed by atoms with Crippen LogP contribution in [0.2, 0.25) is 0 Å². The molecule has 2 aliphatic heterocycles. The summed E-state index contributed by atoms with van der Waals surface area (Å²) in [6, 6.07) is 8.24. The average Bonchev–Trinajstić information content (AvgIpc) is 3.39. The van der Waals surface area contributed by atoms with Gasteiger partial charge >= 0.3 is 0 Å². The van der Waals surface area contributed by atoms with Gasteiger partial charge in [0.1, 0.15) is 0 Å². The number of ether oxygens (including phenoxy) is 1. The molecule has 0 aliphatic carbocycles. The predicted octanol–water partition coefficient (Wildman–Crippen LogP) is 3.06. The van der Waals surface area contributed by atoms with E-state index in [2.05, 4.69) is 72.6 Å². The third-order valence-corrected chi connectivity index (χ3v) is 6.62. The Labute approximate surface area is 241 Å². The fourth-order valence-electron chi connectivity index (χ4n) is 4.45. The second-order valence-electron chi connectivity index (χ2n) is 11.1. The van der Waals surface area contributed by atoms with E-state index in [4.69, 9.17) is 4.74 Å². The lowest BCUT2D eigenvalue weighted by atomic mass is 9.92. The summed E-state index contributed by atoms with van der Waals surface area (Å²) >= 11 is 0. The van der Waals surface area contributed by atoms with Crippen molar-refractivity contribution in [2.75, 3.05) is 60.0 Å². The lowest BCUT2D eigenvalue weighted by molar-refractivity contribution is -0.132. The number of likely N-dealkylation sites (tertiary alicyclic amines) is 1. The average molecular weight is 558 g/mol. The Hall–Kier alpha value is -2.85. The van der Waals surface area contributed by atoms with E-state index in [0.717, 1.165) is 74.5 Å². The van der Waals surface area contributed by atoms with Crippen molar-refractivity contribution in [2.24, 2.45) is 16.1 Å². The summed E-state index contributed by atoms with van der Waals surface area (Å²) in [6.45, 7) is 17.3. The third-order valence-electron chi connectivity index (χ3n) is 6.62. The summed E-state index contributed by atoms with van der Waals surface area (Å²) in [5.74, 6) is 0.170. The topological polar surface area (TPSA) is 120 Å². The predicted molar refractivity (Wildman–Crippen MR) is 164 cm³/mol. The molecule has 0 saturated carbocycles. The van der Waals surface area contributed by atoms with Crippen LogP contribution in [-0.2, 0) is 14.3 Å². The fraction of sp³-hybridized carbons (Fsp3) is 0.581. The summed E-state index contributed by atoms with van der Waals surface area (Å²) in [4.78, 5) is 30.9. The summed E-state index contributed by atoms with van der Waals surface area (Å²) in [7, 11) is 3.26. The Morgan fingerprint density at radius 2 is 1.85 bits per heavy atom. The van der Waals surface area contributed by atoms with Gasteiger partial charge in [-0.15, -0.1) is 0 Å². The molecular formula is C31H51N5O4. The van der Waals surface area contributed by atoms with Gasteiger partial charge in [0.15, 0.2) is 0 Å². The van der Waals surface area contributed by atoms with Crippen LogP contribution < -0.4 is 11.1 Å². The molecule has 2 atom stereocenters. The molecule has 0 radical (unpaired) electrons. The maximum absolute atomic E-state index is 11.6. The highest BCUT2D eigenvalue weighted by molar-refractivity contribution is 6.11. The van der Waals surface area contributed by atoms with Crippen molar-refractivity contribution in [3.05, 3.63) is 53.6 Å². The van der Waals surface area contributed by atoms with E-state index >= 15 is 0 Å². The van der Waals surface area contributed by atoms with E-state index in [0.29, 0.717) is 13.0 Å². The minimum atomic E-state index is -0.302. The zero-order valence-electron chi connectivity index (χ0n) is 25.4. The standard InChI is InChI=1S/C20H27N3O2.C10H19NO2.CH5N/c1-4-16(2)19(13-21-3)17-5-7-18(8-6-17)20(22-15-24)14-23-9-11-25-12-10-23;1-10(2,3)6-9(13)11-5-4-8(12)7-11;1-2/h4-8,13,15,20H,1,9-12,14H2,2-3H3,(H,22,24);8,12H,4-7H2,1-3H3;2H2,1H3/b19-16+,21-13?;;. The number of benzene rings is 1. The van der Waals surface area contributed by atoms with Gasteiger partial charge in [0.2, 0.25) is 12.3 Å². The lowest BCUT2D eigenvalue weighted by Crippen LogP contribution is -2.41.